The highest BCUT2D eigenvalue weighted by molar-refractivity contribution is 5.98. The third-order valence-corrected chi connectivity index (χ3v) is 2.99. The molecule has 120 valence electrons. The number of anilines is 1. The predicted molar refractivity (Wildman–Crippen MR) is 87.1 cm³/mol. The van der Waals surface area contributed by atoms with E-state index in [2.05, 4.69) is 10.6 Å². The van der Waals surface area contributed by atoms with Crippen molar-refractivity contribution in [2.75, 3.05) is 19.0 Å². The van der Waals surface area contributed by atoms with E-state index in [1.807, 2.05) is 13.0 Å². The number of nitrogens with one attached hydrogen (secondary N) is 2. The summed E-state index contributed by atoms with van der Waals surface area (Å²) >= 11 is 0. The number of ether oxygens (including phenoxy) is 1. The van der Waals surface area contributed by atoms with E-state index in [1.165, 1.54) is 25.5 Å². The van der Waals surface area contributed by atoms with E-state index in [4.69, 9.17) is 9.15 Å². The fourth-order valence-corrected chi connectivity index (χ4v) is 1.88. The lowest BCUT2D eigenvalue weighted by atomic mass is 10.2. The third kappa shape index (κ3) is 5.03. The maximum Gasteiger partial charge on any atom is 0.244 e. The average molecular weight is 314 g/mol. The molecule has 2 N–H and O–H groups in total. The molecule has 23 heavy (non-hydrogen) atoms. The van der Waals surface area contributed by atoms with E-state index in [0.29, 0.717) is 17.2 Å². The van der Waals surface area contributed by atoms with Crippen LogP contribution in [0, 0.1) is 6.92 Å². The van der Waals surface area contributed by atoms with Crippen LogP contribution < -0.4 is 15.4 Å². The summed E-state index contributed by atoms with van der Waals surface area (Å²) in [6.45, 7) is 1.77. The molecule has 0 aliphatic heterocycles. The van der Waals surface area contributed by atoms with Gasteiger partial charge in [0, 0.05) is 6.08 Å². The summed E-state index contributed by atoms with van der Waals surface area (Å²) in [5, 5.41) is 5.20. The normalized spacial score (nSPS) is 10.5. The summed E-state index contributed by atoms with van der Waals surface area (Å²) < 4.78 is 10.2. The molecule has 6 nitrogen and oxygen atoms in total. The first kappa shape index (κ1) is 16.4. The monoisotopic (exact) mass is 314 g/mol. The van der Waals surface area contributed by atoms with Gasteiger partial charge in [-0.3, -0.25) is 9.59 Å². The van der Waals surface area contributed by atoms with Gasteiger partial charge in [-0.25, -0.2) is 0 Å². The number of amides is 2. The van der Waals surface area contributed by atoms with Gasteiger partial charge in [0.1, 0.15) is 11.5 Å². The molecule has 1 aromatic carbocycles. The van der Waals surface area contributed by atoms with E-state index in [1.54, 1.807) is 24.3 Å². The molecule has 0 atom stereocenters. The summed E-state index contributed by atoms with van der Waals surface area (Å²) in [4.78, 5) is 23.5. The number of hydrogen-bond donors (Lipinski definition) is 2. The second kappa shape index (κ2) is 7.84. The predicted octanol–water partition coefficient (Wildman–Crippen LogP) is 2.36. The van der Waals surface area contributed by atoms with E-state index in [9.17, 15) is 9.59 Å². The molecule has 0 aliphatic carbocycles. The van der Waals surface area contributed by atoms with Gasteiger partial charge in [-0.2, -0.15) is 0 Å². The summed E-state index contributed by atoms with van der Waals surface area (Å²) in [5.41, 5.74) is 1.56. The van der Waals surface area contributed by atoms with Crippen LogP contribution in [0.2, 0.25) is 0 Å². The molecule has 2 aromatic rings. The van der Waals surface area contributed by atoms with Crippen molar-refractivity contribution in [2.24, 2.45) is 0 Å². The third-order valence-electron chi connectivity index (χ3n) is 2.99. The lowest BCUT2D eigenvalue weighted by Crippen LogP contribution is -2.31. The standard InChI is InChI=1S/C17H18N2O4/c1-12-5-7-15(22-2)14(10-12)19-17(21)11-18-16(20)8-6-13-4-3-9-23-13/h3-10H,11H2,1-2H3,(H,18,20)(H,19,21)/b8-6+. The van der Waals surface area contributed by atoms with E-state index in [0.717, 1.165) is 5.56 Å². The van der Waals surface area contributed by atoms with Crippen molar-refractivity contribution in [1.82, 2.24) is 5.32 Å². The SMILES string of the molecule is COc1ccc(C)cc1NC(=O)CNC(=O)/C=C/c1ccco1. The van der Waals surface area contributed by atoms with E-state index in [-0.39, 0.29) is 18.4 Å². The van der Waals surface area contributed by atoms with Crippen molar-refractivity contribution in [3.8, 4) is 5.75 Å². The fraction of sp³-hybridized carbons (Fsp3) is 0.176. The Kier molecular flexibility index (Phi) is 5.57. The average Bonchev–Trinajstić information content (AvgIpc) is 3.04. The quantitative estimate of drug-likeness (QED) is 0.802. The van der Waals surface area contributed by atoms with Crippen LogP contribution in [-0.4, -0.2) is 25.5 Å². The zero-order valence-corrected chi connectivity index (χ0v) is 13.0. The number of carbonyl (C=O) groups excluding carboxylic acids is 2. The van der Waals surface area contributed by atoms with E-state index < -0.39 is 0 Å². The van der Waals surface area contributed by atoms with Gasteiger partial charge in [0.05, 0.1) is 25.6 Å². The van der Waals surface area contributed by atoms with Gasteiger partial charge < -0.3 is 19.8 Å². The highest BCUT2D eigenvalue weighted by Gasteiger charge is 2.08. The molecule has 1 heterocycles. The molecule has 0 radical (unpaired) electrons. The number of rotatable bonds is 6. The number of methoxy groups -OCH3 is 1. The fourth-order valence-electron chi connectivity index (χ4n) is 1.88. The van der Waals surface area contributed by atoms with E-state index >= 15 is 0 Å². The number of hydrogen-bond acceptors (Lipinski definition) is 4. The number of furan rings is 1. The van der Waals surface area contributed by atoms with Crippen molar-refractivity contribution in [2.45, 2.75) is 6.92 Å². The van der Waals surface area contributed by atoms with Crippen LogP contribution in [0.4, 0.5) is 5.69 Å². The maximum absolute atomic E-state index is 11.9. The lowest BCUT2D eigenvalue weighted by molar-refractivity contribution is -0.121. The molecule has 0 saturated carbocycles. The first-order chi connectivity index (χ1) is 11.1. The number of carbonyl (C=O) groups is 2. The Hall–Kier alpha value is -3.02. The maximum atomic E-state index is 11.9. The molecule has 0 saturated heterocycles. The highest BCUT2D eigenvalue weighted by atomic mass is 16.5. The van der Waals surface area contributed by atoms with Crippen LogP contribution in [-0.2, 0) is 9.59 Å². The Labute approximate surface area is 134 Å². The van der Waals surface area contributed by atoms with Crippen LogP contribution in [0.15, 0.2) is 47.1 Å². The molecule has 0 unspecified atom stereocenters. The zero-order valence-electron chi connectivity index (χ0n) is 13.0. The van der Waals surface area contributed by atoms with Crippen molar-refractivity contribution < 1.29 is 18.7 Å². The minimum atomic E-state index is -0.382. The largest absolute Gasteiger partial charge is 0.495 e. The highest BCUT2D eigenvalue weighted by Crippen LogP contribution is 2.24. The molecule has 0 fully saturated rings. The van der Waals surface area contributed by atoms with Gasteiger partial charge in [-0.1, -0.05) is 6.07 Å². The number of aryl methyl sites for hydroxylation is 1. The van der Waals surface area contributed by atoms with Crippen LogP contribution in [0.25, 0.3) is 6.08 Å². The van der Waals surface area contributed by atoms with Crippen LogP contribution in [0.3, 0.4) is 0 Å². The topological polar surface area (TPSA) is 80.6 Å². The Morgan fingerprint density at radius 3 is 2.83 bits per heavy atom. The second-order valence-corrected chi connectivity index (χ2v) is 4.82. The summed E-state index contributed by atoms with van der Waals surface area (Å²) in [7, 11) is 1.53. The first-order valence-electron chi connectivity index (χ1n) is 7.02. The summed E-state index contributed by atoms with van der Waals surface area (Å²) in [6.07, 6.45) is 4.34. The van der Waals surface area contributed by atoms with Crippen LogP contribution >= 0.6 is 0 Å². The Morgan fingerprint density at radius 2 is 2.13 bits per heavy atom. The minimum absolute atomic E-state index is 0.140. The number of benzene rings is 1. The van der Waals surface area contributed by atoms with Gasteiger partial charge in [-0.15, -0.1) is 0 Å². The van der Waals surface area contributed by atoms with Crippen molar-refractivity contribution in [3.63, 3.8) is 0 Å². The molecule has 0 spiro atoms. The summed E-state index contributed by atoms with van der Waals surface area (Å²) in [5.74, 6) is 0.406. The van der Waals surface area contributed by atoms with Crippen molar-refractivity contribution in [3.05, 3.63) is 54.0 Å². The van der Waals surface area contributed by atoms with Gasteiger partial charge in [0.2, 0.25) is 11.8 Å². The van der Waals surface area contributed by atoms with Crippen molar-refractivity contribution in [1.29, 1.82) is 0 Å². The first-order valence-corrected chi connectivity index (χ1v) is 7.02. The molecule has 2 rings (SSSR count). The minimum Gasteiger partial charge on any atom is -0.495 e. The molecule has 2 amide bonds. The van der Waals surface area contributed by atoms with Gasteiger partial charge in [0.15, 0.2) is 0 Å². The molecule has 0 bridgehead atoms. The molecule has 0 aliphatic rings. The molecular weight excluding hydrogens is 296 g/mol. The molecular formula is C17H18N2O4. The Balaban J connectivity index is 1.85. The molecule has 6 heteroatoms. The zero-order chi connectivity index (χ0) is 16.7. The Bertz CT molecular complexity index is 705. The van der Waals surface area contributed by atoms with Crippen LogP contribution in [0.5, 0.6) is 5.75 Å². The summed E-state index contributed by atoms with van der Waals surface area (Å²) in [6, 6.07) is 8.90. The molecule has 1 aromatic heterocycles. The van der Waals surface area contributed by atoms with Gasteiger partial charge in [0.25, 0.3) is 0 Å². The van der Waals surface area contributed by atoms with Gasteiger partial charge in [-0.05, 0) is 42.8 Å². The smallest absolute Gasteiger partial charge is 0.244 e. The van der Waals surface area contributed by atoms with Gasteiger partial charge >= 0.3 is 0 Å². The Morgan fingerprint density at radius 1 is 1.30 bits per heavy atom. The van der Waals surface area contributed by atoms with Crippen LogP contribution in [0.1, 0.15) is 11.3 Å². The van der Waals surface area contributed by atoms with Crippen molar-refractivity contribution >= 4 is 23.6 Å². The second-order valence-electron chi connectivity index (χ2n) is 4.82. The lowest BCUT2D eigenvalue weighted by Gasteiger charge is -2.11.